The fourth-order valence-corrected chi connectivity index (χ4v) is 0.724. The Morgan fingerprint density at radius 1 is 1.78 bits per heavy atom. The zero-order chi connectivity index (χ0) is 6.69. The van der Waals surface area contributed by atoms with Gasteiger partial charge in [-0.1, -0.05) is 6.92 Å². The SMILES string of the molecule is CCC1C=NNC(C)=N1. The second kappa shape index (κ2) is 2.62. The number of nitrogens with one attached hydrogen (secondary N) is 1. The highest BCUT2D eigenvalue weighted by Gasteiger charge is 2.03. The highest BCUT2D eigenvalue weighted by atomic mass is 15.3. The molecule has 0 aromatic heterocycles. The van der Waals surface area contributed by atoms with Crippen LogP contribution in [0.25, 0.3) is 0 Å². The first-order chi connectivity index (χ1) is 4.33. The van der Waals surface area contributed by atoms with Crippen molar-refractivity contribution in [3.05, 3.63) is 0 Å². The van der Waals surface area contributed by atoms with Crippen molar-refractivity contribution >= 4 is 12.1 Å². The summed E-state index contributed by atoms with van der Waals surface area (Å²) in [6, 6.07) is 0.297. The Labute approximate surface area is 54.9 Å². The van der Waals surface area contributed by atoms with E-state index in [1.807, 2.05) is 13.1 Å². The van der Waals surface area contributed by atoms with Crippen LogP contribution in [0.4, 0.5) is 0 Å². The van der Waals surface area contributed by atoms with Crippen molar-refractivity contribution in [2.45, 2.75) is 26.3 Å². The molecule has 0 saturated carbocycles. The van der Waals surface area contributed by atoms with Crippen molar-refractivity contribution in [3.63, 3.8) is 0 Å². The molecule has 1 rings (SSSR count). The van der Waals surface area contributed by atoms with Crippen molar-refractivity contribution in [1.29, 1.82) is 0 Å². The Morgan fingerprint density at radius 2 is 2.56 bits per heavy atom. The molecule has 1 atom stereocenters. The molecule has 9 heavy (non-hydrogen) atoms. The maximum atomic E-state index is 4.26. The maximum Gasteiger partial charge on any atom is 0.114 e. The second-order valence-electron chi connectivity index (χ2n) is 2.08. The molecule has 0 aromatic rings. The number of hydrazone groups is 1. The Bertz CT molecular complexity index is 148. The first-order valence-corrected chi connectivity index (χ1v) is 3.16. The van der Waals surface area contributed by atoms with E-state index in [1.165, 1.54) is 0 Å². The molecule has 50 valence electrons. The number of hydrogen-bond acceptors (Lipinski definition) is 3. The van der Waals surface area contributed by atoms with Gasteiger partial charge in [-0.25, -0.2) is 0 Å². The van der Waals surface area contributed by atoms with Crippen LogP contribution in [0.3, 0.4) is 0 Å². The predicted octanol–water partition coefficient (Wildman–Crippen LogP) is 0.772. The van der Waals surface area contributed by atoms with Gasteiger partial charge in [0, 0.05) is 6.21 Å². The molecule has 3 nitrogen and oxygen atoms in total. The van der Waals surface area contributed by atoms with Crippen LogP contribution < -0.4 is 5.43 Å². The molecule has 3 heteroatoms. The molecular weight excluding hydrogens is 114 g/mol. The summed E-state index contributed by atoms with van der Waals surface area (Å²) in [5.74, 6) is 0.907. The largest absolute Gasteiger partial charge is 0.266 e. The molecule has 0 aliphatic carbocycles. The molecule has 1 N–H and O–H groups in total. The fraction of sp³-hybridized carbons (Fsp3) is 0.667. The van der Waals surface area contributed by atoms with Gasteiger partial charge < -0.3 is 0 Å². The first-order valence-electron chi connectivity index (χ1n) is 3.16. The van der Waals surface area contributed by atoms with E-state index in [4.69, 9.17) is 0 Å². The second-order valence-corrected chi connectivity index (χ2v) is 2.08. The van der Waals surface area contributed by atoms with Crippen molar-refractivity contribution in [2.75, 3.05) is 0 Å². The Morgan fingerprint density at radius 3 is 3.00 bits per heavy atom. The minimum atomic E-state index is 0.297. The van der Waals surface area contributed by atoms with Crippen molar-refractivity contribution in [1.82, 2.24) is 5.43 Å². The van der Waals surface area contributed by atoms with Crippen LogP contribution in [0.2, 0.25) is 0 Å². The number of hydrogen-bond donors (Lipinski definition) is 1. The number of rotatable bonds is 1. The van der Waals surface area contributed by atoms with Gasteiger partial charge in [-0.05, 0) is 13.3 Å². The molecule has 1 unspecified atom stereocenters. The van der Waals surface area contributed by atoms with Gasteiger partial charge in [0.05, 0.1) is 6.04 Å². The van der Waals surface area contributed by atoms with E-state index in [9.17, 15) is 0 Å². The number of amidine groups is 1. The predicted molar refractivity (Wildman–Crippen MR) is 38.8 cm³/mol. The lowest BCUT2D eigenvalue weighted by atomic mass is 10.2. The van der Waals surface area contributed by atoms with Crippen LogP contribution in [0, 0.1) is 0 Å². The van der Waals surface area contributed by atoms with E-state index in [-0.39, 0.29) is 0 Å². The van der Waals surface area contributed by atoms with Gasteiger partial charge in [0.2, 0.25) is 0 Å². The van der Waals surface area contributed by atoms with Gasteiger partial charge in [-0.15, -0.1) is 0 Å². The molecule has 1 aliphatic rings. The van der Waals surface area contributed by atoms with Gasteiger partial charge in [0.1, 0.15) is 5.84 Å². The van der Waals surface area contributed by atoms with Gasteiger partial charge in [0.15, 0.2) is 0 Å². The highest BCUT2D eigenvalue weighted by molar-refractivity contribution is 5.85. The normalized spacial score (nSPS) is 25.1. The van der Waals surface area contributed by atoms with E-state index < -0.39 is 0 Å². The lowest BCUT2D eigenvalue weighted by molar-refractivity contribution is 0.790. The maximum absolute atomic E-state index is 4.26. The summed E-state index contributed by atoms with van der Waals surface area (Å²) in [4.78, 5) is 4.26. The van der Waals surface area contributed by atoms with Crippen LogP contribution >= 0.6 is 0 Å². The van der Waals surface area contributed by atoms with E-state index in [2.05, 4.69) is 22.4 Å². The van der Waals surface area contributed by atoms with Crippen LogP contribution in [0.15, 0.2) is 10.1 Å². The van der Waals surface area contributed by atoms with Gasteiger partial charge >= 0.3 is 0 Å². The quantitative estimate of drug-likeness (QED) is 0.552. The monoisotopic (exact) mass is 125 g/mol. The molecule has 0 amide bonds. The molecule has 0 spiro atoms. The lowest BCUT2D eigenvalue weighted by Crippen LogP contribution is -2.24. The summed E-state index contributed by atoms with van der Waals surface area (Å²) >= 11 is 0. The third-order valence-corrected chi connectivity index (χ3v) is 1.25. The molecule has 0 fully saturated rings. The summed E-state index contributed by atoms with van der Waals surface area (Å²) in [5, 5.41) is 3.90. The smallest absolute Gasteiger partial charge is 0.114 e. The third kappa shape index (κ3) is 1.52. The van der Waals surface area contributed by atoms with Crippen molar-refractivity contribution < 1.29 is 0 Å². The van der Waals surface area contributed by atoms with Crippen LogP contribution in [0.1, 0.15) is 20.3 Å². The molecule has 1 aliphatic heterocycles. The minimum absolute atomic E-state index is 0.297. The third-order valence-electron chi connectivity index (χ3n) is 1.25. The summed E-state index contributed by atoms with van der Waals surface area (Å²) in [5.41, 5.74) is 2.77. The molecule has 0 radical (unpaired) electrons. The molecule has 0 aromatic carbocycles. The molecule has 0 saturated heterocycles. The van der Waals surface area contributed by atoms with E-state index in [1.54, 1.807) is 0 Å². The summed E-state index contributed by atoms with van der Waals surface area (Å²) in [6.07, 6.45) is 2.86. The zero-order valence-corrected chi connectivity index (χ0v) is 5.76. The zero-order valence-electron chi connectivity index (χ0n) is 5.76. The highest BCUT2D eigenvalue weighted by Crippen LogP contribution is 1.96. The van der Waals surface area contributed by atoms with Crippen LogP contribution in [-0.2, 0) is 0 Å². The average Bonchev–Trinajstić information content (AvgIpc) is 1.88. The van der Waals surface area contributed by atoms with Crippen molar-refractivity contribution in [3.8, 4) is 0 Å². The average molecular weight is 125 g/mol. The standard InChI is InChI=1S/C6H11N3/c1-3-6-4-7-9-5(2)8-6/h4,6H,3H2,1-2H3,(H,8,9). The number of nitrogens with zero attached hydrogens (tertiary/aromatic N) is 2. The van der Waals surface area contributed by atoms with E-state index >= 15 is 0 Å². The summed E-state index contributed by atoms with van der Waals surface area (Å²) in [6.45, 7) is 4.01. The van der Waals surface area contributed by atoms with Crippen LogP contribution in [-0.4, -0.2) is 18.1 Å². The van der Waals surface area contributed by atoms with Crippen LogP contribution in [0.5, 0.6) is 0 Å². The molecule has 0 bridgehead atoms. The Kier molecular flexibility index (Phi) is 1.82. The summed E-state index contributed by atoms with van der Waals surface area (Å²) in [7, 11) is 0. The summed E-state index contributed by atoms with van der Waals surface area (Å²) < 4.78 is 0. The molecular formula is C6H11N3. The fourth-order valence-electron chi connectivity index (χ4n) is 0.724. The van der Waals surface area contributed by atoms with Gasteiger partial charge in [-0.3, -0.25) is 10.4 Å². The molecule has 1 heterocycles. The number of aliphatic imine (C=N–C) groups is 1. The Hall–Kier alpha value is -0.860. The minimum Gasteiger partial charge on any atom is -0.266 e. The van der Waals surface area contributed by atoms with Gasteiger partial charge in [-0.2, -0.15) is 5.10 Å². The Balaban J connectivity index is 2.55. The van der Waals surface area contributed by atoms with Gasteiger partial charge in [0.25, 0.3) is 0 Å². The lowest BCUT2D eigenvalue weighted by Gasteiger charge is -2.10. The first kappa shape index (κ1) is 6.26. The van der Waals surface area contributed by atoms with E-state index in [0.29, 0.717) is 6.04 Å². The van der Waals surface area contributed by atoms with E-state index in [0.717, 1.165) is 12.3 Å². The topological polar surface area (TPSA) is 36.8 Å². The van der Waals surface area contributed by atoms with Crippen molar-refractivity contribution in [2.24, 2.45) is 10.1 Å².